The molecular formula is C23H25N3O. The van der Waals surface area contributed by atoms with Gasteiger partial charge in [-0.3, -0.25) is 4.79 Å². The van der Waals surface area contributed by atoms with Crippen molar-refractivity contribution >= 4 is 11.6 Å². The van der Waals surface area contributed by atoms with Gasteiger partial charge in [-0.15, -0.1) is 0 Å². The number of amides is 1. The minimum Gasteiger partial charge on any atom is -0.369 e. The minimum absolute atomic E-state index is 0.0429. The quantitative estimate of drug-likeness (QED) is 0.628. The number of hydrogen-bond acceptors (Lipinski definition) is 3. The average Bonchev–Trinajstić information content (AvgIpc) is 2.73. The Bertz CT molecular complexity index is 848. The highest BCUT2D eigenvalue weighted by atomic mass is 16.2. The van der Waals surface area contributed by atoms with Gasteiger partial charge in [-0.1, -0.05) is 60.7 Å². The molecule has 4 heteroatoms. The van der Waals surface area contributed by atoms with E-state index in [0.29, 0.717) is 18.8 Å². The van der Waals surface area contributed by atoms with Crippen LogP contribution in [0.4, 0.5) is 5.69 Å². The lowest BCUT2D eigenvalue weighted by molar-refractivity contribution is 0.0746. The van der Waals surface area contributed by atoms with E-state index in [9.17, 15) is 4.79 Å². The van der Waals surface area contributed by atoms with Crippen LogP contribution in [0, 0.1) is 0 Å². The van der Waals surface area contributed by atoms with Crippen LogP contribution >= 0.6 is 0 Å². The lowest BCUT2D eigenvalue weighted by Gasteiger charge is -2.22. The summed E-state index contributed by atoms with van der Waals surface area (Å²) in [4.78, 5) is 21.2. The van der Waals surface area contributed by atoms with Crippen LogP contribution in [0.3, 0.4) is 0 Å². The van der Waals surface area contributed by atoms with Crippen LogP contribution in [0.15, 0.2) is 79.0 Å². The molecule has 3 rings (SSSR count). The molecule has 1 amide bonds. The number of pyridine rings is 1. The molecule has 0 unspecified atom stereocenters. The Morgan fingerprint density at radius 1 is 0.852 bits per heavy atom. The van der Waals surface area contributed by atoms with Crippen LogP contribution in [-0.4, -0.2) is 29.4 Å². The lowest BCUT2D eigenvalue weighted by atomic mass is 10.2. The first-order chi connectivity index (χ1) is 13.2. The molecule has 0 radical (unpaired) electrons. The molecule has 0 fully saturated rings. The molecule has 0 N–H and O–H groups in total. The van der Waals surface area contributed by atoms with Gasteiger partial charge >= 0.3 is 0 Å². The highest BCUT2D eigenvalue weighted by Crippen LogP contribution is 2.16. The average molecular weight is 359 g/mol. The van der Waals surface area contributed by atoms with Gasteiger partial charge < -0.3 is 9.80 Å². The van der Waals surface area contributed by atoms with Gasteiger partial charge in [0.2, 0.25) is 0 Å². The minimum atomic E-state index is -0.0429. The Kier molecular flexibility index (Phi) is 6.21. The van der Waals surface area contributed by atoms with Crippen LogP contribution < -0.4 is 4.90 Å². The van der Waals surface area contributed by atoms with Gasteiger partial charge in [-0.05, 0) is 30.2 Å². The van der Waals surface area contributed by atoms with E-state index < -0.39 is 0 Å². The Morgan fingerprint density at radius 2 is 1.44 bits per heavy atom. The van der Waals surface area contributed by atoms with E-state index in [4.69, 9.17) is 0 Å². The van der Waals surface area contributed by atoms with E-state index >= 15 is 0 Å². The third-order valence-electron chi connectivity index (χ3n) is 4.56. The van der Waals surface area contributed by atoms with Gasteiger partial charge in [0, 0.05) is 26.7 Å². The summed E-state index contributed by atoms with van der Waals surface area (Å²) >= 11 is 0. The summed E-state index contributed by atoms with van der Waals surface area (Å²) in [6, 6.07) is 24.1. The summed E-state index contributed by atoms with van der Waals surface area (Å²) in [5.74, 6) is -0.0429. The smallest absolute Gasteiger partial charge is 0.272 e. The van der Waals surface area contributed by atoms with Crippen molar-refractivity contribution in [2.45, 2.75) is 20.0 Å². The zero-order valence-corrected chi connectivity index (χ0v) is 15.9. The Morgan fingerprint density at radius 3 is 1.96 bits per heavy atom. The Hall–Kier alpha value is -3.14. The van der Waals surface area contributed by atoms with E-state index in [1.807, 2.05) is 79.5 Å². The maximum atomic E-state index is 12.8. The van der Waals surface area contributed by atoms with Crippen LogP contribution in [0.1, 0.15) is 28.5 Å². The van der Waals surface area contributed by atoms with E-state index in [0.717, 1.165) is 17.8 Å². The van der Waals surface area contributed by atoms with Gasteiger partial charge in [0.05, 0.1) is 11.9 Å². The van der Waals surface area contributed by atoms with Crippen LogP contribution in [0.25, 0.3) is 0 Å². The number of benzene rings is 2. The predicted octanol–water partition coefficient (Wildman–Crippen LogP) is 4.38. The predicted molar refractivity (Wildman–Crippen MR) is 110 cm³/mol. The fourth-order valence-electron chi connectivity index (χ4n) is 2.98. The number of rotatable bonds is 7. The molecule has 0 atom stereocenters. The zero-order chi connectivity index (χ0) is 19.1. The first-order valence-corrected chi connectivity index (χ1v) is 9.21. The van der Waals surface area contributed by atoms with Crippen molar-refractivity contribution in [3.8, 4) is 0 Å². The van der Waals surface area contributed by atoms with Crippen LogP contribution in [0.5, 0.6) is 0 Å². The number of anilines is 1. The second kappa shape index (κ2) is 8.99. The molecule has 3 aromatic rings. The van der Waals surface area contributed by atoms with E-state index in [2.05, 4.69) is 22.0 Å². The lowest BCUT2D eigenvalue weighted by Crippen LogP contribution is -2.31. The molecule has 0 saturated carbocycles. The molecule has 0 bridgehead atoms. The Balaban J connectivity index is 1.67. The summed E-state index contributed by atoms with van der Waals surface area (Å²) in [7, 11) is 2.03. The summed E-state index contributed by atoms with van der Waals surface area (Å²) in [6.07, 6.45) is 1.77. The van der Waals surface area contributed by atoms with Gasteiger partial charge in [0.1, 0.15) is 5.69 Å². The molecule has 27 heavy (non-hydrogen) atoms. The number of nitrogens with zero attached hydrogens (tertiary/aromatic N) is 3. The monoisotopic (exact) mass is 359 g/mol. The van der Waals surface area contributed by atoms with Crippen LogP contribution in [-0.2, 0) is 13.1 Å². The molecule has 0 saturated heterocycles. The molecule has 0 aliphatic rings. The largest absolute Gasteiger partial charge is 0.369 e. The molecule has 4 nitrogen and oxygen atoms in total. The normalized spacial score (nSPS) is 10.4. The third kappa shape index (κ3) is 4.94. The molecule has 1 aromatic heterocycles. The summed E-state index contributed by atoms with van der Waals surface area (Å²) in [5.41, 5.74) is 3.82. The molecule has 0 aliphatic heterocycles. The van der Waals surface area contributed by atoms with E-state index in [1.54, 1.807) is 6.20 Å². The van der Waals surface area contributed by atoms with Crippen molar-refractivity contribution in [3.05, 3.63) is 95.8 Å². The molecular weight excluding hydrogens is 334 g/mol. The second-order valence-corrected chi connectivity index (χ2v) is 6.55. The second-order valence-electron chi connectivity index (χ2n) is 6.55. The first-order valence-electron chi connectivity index (χ1n) is 9.21. The number of carbonyl (C=O) groups excluding carboxylic acids is 1. The topological polar surface area (TPSA) is 36.4 Å². The molecule has 0 aliphatic carbocycles. The van der Waals surface area contributed by atoms with Gasteiger partial charge in [0.25, 0.3) is 5.91 Å². The molecule has 138 valence electrons. The summed E-state index contributed by atoms with van der Waals surface area (Å²) < 4.78 is 0. The number of hydrogen-bond donors (Lipinski definition) is 0. The summed E-state index contributed by atoms with van der Waals surface area (Å²) in [5, 5.41) is 0. The Labute approximate surface area is 161 Å². The van der Waals surface area contributed by atoms with Crippen molar-refractivity contribution in [2.75, 3.05) is 18.5 Å². The van der Waals surface area contributed by atoms with Gasteiger partial charge in [0.15, 0.2) is 0 Å². The maximum absolute atomic E-state index is 12.8. The van der Waals surface area contributed by atoms with Crippen molar-refractivity contribution in [1.29, 1.82) is 0 Å². The summed E-state index contributed by atoms with van der Waals surface area (Å²) in [6.45, 7) is 4.02. The highest BCUT2D eigenvalue weighted by Gasteiger charge is 2.16. The standard InChI is InChI=1S/C23H25N3O/c1-3-26(18-20-12-8-5-9-13-20)23(27)22-15-14-21(16-24-22)25(2)17-19-10-6-4-7-11-19/h4-16H,3,17-18H2,1-2H3. The fourth-order valence-corrected chi connectivity index (χ4v) is 2.98. The maximum Gasteiger partial charge on any atom is 0.272 e. The number of aromatic nitrogens is 1. The van der Waals surface area contributed by atoms with Gasteiger partial charge in [-0.25, -0.2) is 4.98 Å². The van der Waals surface area contributed by atoms with Crippen molar-refractivity contribution < 1.29 is 4.79 Å². The zero-order valence-electron chi connectivity index (χ0n) is 15.9. The van der Waals surface area contributed by atoms with Crippen molar-refractivity contribution in [2.24, 2.45) is 0 Å². The van der Waals surface area contributed by atoms with E-state index in [1.165, 1.54) is 5.56 Å². The van der Waals surface area contributed by atoms with Crippen molar-refractivity contribution in [3.63, 3.8) is 0 Å². The third-order valence-corrected chi connectivity index (χ3v) is 4.56. The molecule has 1 heterocycles. The van der Waals surface area contributed by atoms with Crippen molar-refractivity contribution in [1.82, 2.24) is 9.88 Å². The number of carbonyl (C=O) groups is 1. The fraction of sp³-hybridized carbons (Fsp3) is 0.217. The van der Waals surface area contributed by atoms with E-state index in [-0.39, 0.29) is 5.91 Å². The highest BCUT2D eigenvalue weighted by molar-refractivity contribution is 5.92. The molecule has 0 spiro atoms. The first kappa shape index (κ1) is 18.6. The van der Waals surface area contributed by atoms with Gasteiger partial charge in [-0.2, -0.15) is 0 Å². The molecule has 2 aromatic carbocycles. The van der Waals surface area contributed by atoms with Crippen LogP contribution in [0.2, 0.25) is 0 Å². The SMILES string of the molecule is CCN(Cc1ccccc1)C(=O)c1ccc(N(C)Cc2ccccc2)cn1.